The normalized spacial score (nSPS) is 21.7. The maximum absolute atomic E-state index is 4.63. The topological polar surface area (TPSA) is 33.1 Å². The highest BCUT2D eigenvalue weighted by molar-refractivity contribution is 9.10. The van der Waals surface area contributed by atoms with Gasteiger partial charge in [0.15, 0.2) is 0 Å². The summed E-state index contributed by atoms with van der Waals surface area (Å²) in [6.45, 7) is 9.55. The van der Waals surface area contributed by atoms with Crippen molar-refractivity contribution >= 4 is 27.7 Å². The Bertz CT molecular complexity index is 463. The molecule has 0 radical (unpaired) electrons. The molecule has 1 fully saturated rings. The van der Waals surface area contributed by atoms with Crippen molar-refractivity contribution in [2.24, 2.45) is 0 Å². The van der Waals surface area contributed by atoms with E-state index in [-0.39, 0.29) is 0 Å². The van der Waals surface area contributed by atoms with E-state index in [2.05, 4.69) is 75.5 Å². The predicted molar refractivity (Wildman–Crippen MR) is 95.2 cm³/mol. The molecule has 0 bridgehead atoms. The highest BCUT2D eigenvalue weighted by Gasteiger charge is 2.29. The number of nitrogens with one attached hydrogen (secondary N) is 1. The summed E-state index contributed by atoms with van der Waals surface area (Å²) >= 11 is 5.81. The molecule has 120 valence electrons. The molecule has 0 saturated carbocycles. The molecule has 21 heavy (non-hydrogen) atoms. The lowest BCUT2D eigenvalue weighted by Crippen LogP contribution is -2.53. The first kappa shape index (κ1) is 17.3. The van der Waals surface area contributed by atoms with Gasteiger partial charge >= 0.3 is 0 Å². The van der Waals surface area contributed by atoms with Crippen molar-refractivity contribution in [2.75, 3.05) is 31.6 Å². The maximum Gasteiger partial charge on any atom is 0.0738 e. The average molecular weight is 375 g/mol. The van der Waals surface area contributed by atoms with Crippen LogP contribution in [0.3, 0.4) is 0 Å². The summed E-state index contributed by atoms with van der Waals surface area (Å²) in [6, 6.07) is 1.07. The molecule has 2 heterocycles. The lowest BCUT2D eigenvalue weighted by Gasteiger charge is -2.38. The van der Waals surface area contributed by atoms with Gasteiger partial charge in [0.1, 0.15) is 0 Å². The Labute approximate surface area is 141 Å². The monoisotopic (exact) mass is 374 g/mol. The van der Waals surface area contributed by atoms with Crippen molar-refractivity contribution in [3.8, 4) is 0 Å². The summed E-state index contributed by atoms with van der Waals surface area (Å²) < 4.78 is 3.32. The van der Waals surface area contributed by atoms with Gasteiger partial charge in [0, 0.05) is 43.1 Å². The number of rotatable bonds is 6. The molecular formula is C15H27BrN4S. The van der Waals surface area contributed by atoms with Crippen LogP contribution < -0.4 is 5.32 Å². The third-order valence-corrected chi connectivity index (χ3v) is 6.32. The minimum Gasteiger partial charge on any atom is -0.312 e. The Morgan fingerprint density at radius 3 is 2.86 bits per heavy atom. The zero-order valence-corrected chi connectivity index (χ0v) is 15.9. The molecule has 4 nitrogen and oxygen atoms in total. The molecular weight excluding hydrogens is 348 g/mol. The van der Waals surface area contributed by atoms with Crippen molar-refractivity contribution in [3.63, 3.8) is 0 Å². The molecule has 1 N–H and O–H groups in total. The van der Waals surface area contributed by atoms with E-state index in [4.69, 9.17) is 0 Å². The number of thioether (sulfide) groups is 1. The molecule has 1 aromatic heterocycles. The second-order valence-electron chi connectivity index (χ2n) is 5.65. The molecule has 1 aromatic rings. The van der Waals surface area contributed by atoms with Gasteiger partial charge in [-0.1, -0.05) is 6.92 Å². The molecule has 2 atom stereocenters. The van der Waals surface area contributed by atoms with Gasteiger partial charge in [-0.05, 0) is 43.4 Å². The van der Waals surface area contributed by atoms with Crippen LogP contribution in [0, 0.1) is 6.92 Å². The molecule has 2 rings (SSSR count). The van der Waals surface area contributed by atoms with Gasteiger partial charge in [0.05, 0.1) is 15.9 Å². The quantitative estimate of drug-likeness (QED) is 0.829. The molecule has 6 heteroatoms. The van der Waals surface area contributed by atoms with E-state index in [0.717, 1.165) is 25.2 Å². The van der Waals surface area contributed by atoms with Gasteiger partial charge in [0.2, 0.25) is 0 Å². The Balaban J connectivity index is 2.19. The first-order chi connectivity index (χ1) is 10.1. The lowest BCUT2D eigenvalue weighted by atomic mass is 10.0. The van der Waals surface area contributed by atoms with Crippen molar-refractivity contribution in [1.29, 1.82) is 0 Å². The number of hydrogen-bond donors (Lipinski definition) is 1. The number of likely N-dealkylation sites (N-methyl/N-ethyl adjacent to an activating group) is 2. The maximum atomic E-state index is 4.63. The van der Waals surface area contributed by atoms with Crippen LogP contribution in [0.5, 0.6) is 0 Å². The molecule has 0 spiro atoms. The molecule has 0 aliphatic carbocycles. The van der Waals surface area contributed by atoms with Crippen LogP contribution in [-0.4, -0.2) is 58.4 Å². The first-order valence-corrected chi connectivity index (χ1v) is 9.76. The molecule has 1 saturated heterocycles. The Morgan fingerprint density at radius 1 is 1.48 bits per heavy atom. The highest BCUT2D eigenvalue weighted by atomic mass is 79.9. The van der Waals surface area contributed by atoms with E-state index in [1.165, 1.54) is 28.2 Å². The SMILES string of the molecule is CCNC(Cc1c(Br)c(C)nn1CC)C1CSCCN1C. The smallest absolute Gasteiger partial charge is 0.0738 e. The molecule has 2 unspecified atom stereocenters. The van der Waals surface area contributed by atoms with Gasteiger partial charge < -0.3 is 10.2 Å². The summed E-state index contributed by atoms with van der Waals surface area (Å²) in [5.41, 5.74) is 2.42. The van der Waals surface area contributed by atoms with Crippen LogP contribution in [-0.2, 0) is 13.0 Å². The largest absolute Gasteiger partial charge is 0.312 e. The van der Waals surface area contributed by atoms with E-state index in [0.29, 0.717) is 12.1 Å². The molecule has 1 aliphatic rings. The number of hydrogen-bond acceptors (Lipinski definition) is 4. The summed E-state index contributed by atoms with van der Waals surface area (Å²) in [5.74, 6) is 2.46. The Hall–Kier alpha value is -0.0400. The van der Waals surface area contributed by atoms with Crippen LogP contribution in [0.4, 0.5) is 0 Å². The van der Waals surface area contributed by atoms with Gasteiger partial charge in [-0.15, -0.1) is 0 Å². The predicted octanol–water partition coefficient (Wildman–Crippen LogP) is 2.54. The molecule has 0 amide bonds. The minimum absolute atomic E-state index is 0.477. The van der Waals surface area contributed by atoms with E-state index in [9.17, 15) is 0 Å². The fourth-order valence-corrected chi connectivity index (χ4v) is 4.77. The fraction of sp³-hybridized carbons (Fsp3) is 0.800. The van der Waals surface area contributed by atoms with E-state index in [1.54, 1.807) is 0 Å². The summed E-state index contributed by atoms with van der Waals surface area (Å²) in [7, 11) is 2.26. The molecule has 0 aromatic carbocycles. The Kier molecular flexibility index (Phi) is 6.59. The van der Waals surface area contributed by atoms with E-state index >= 15 is 0 Å². The third kappa shape index (κ3) is 4.03. The minimum atomic E-state index is 0.477. The van der Waals surface area contributed by atoms with Crippen LogP contribution in [0.2, 0.25) is 0 Å². The average Bonchev–Trinajstić information content (AvgIpc) is 2.75. The van der Waals surface area contributed by atoms with Gasteiger partial charge in [-0.3, -0.25) is 4.68 Å². The van der Waals surface area contributed by atoms with E-state index < -0.39 is 0 Å². The second kappa shape index (κ2) is 7.99. The van der Waals surface area contributed by atoms with Crippen molar-refractivity contribution in [2.45, 2.75) is 45.8 Å². The van der Waals surface area contributed by atoms with Crippen LogP contribution >= 0.6 is 27.7 Å². The zero-order valence-electron chi connectivity index (χ0n) is 13.5. The number of nitrogens with zero attached hydrogens (tertiary/aromatic N) is 3. The van der Waals surface area contributed by atoms with Gasteiger partial charge in [0.25, 0.3) is 0 Å². The third-order valence-electron chi connectivity index (χ3n) is 4.24. The van der Waals surface area contributed by atoms with E-state index in [1.807, 2.05) is 0 Å². The lowest BCUT2D eigenvalue weighted by molar-refractivity contribution is 0.213. The van der Waals surface area contributed by atoms with Crippen LogP contribution in [0.15, 0.2) is 4.47 Å². The standard InChI is InChI=1S/C15H27BrN4S/c1-5-17-12(14-10-21-8-7-19(14)4)9-13-15(16)11(3)18-20(13)6-2/h12,14,17H,5-10H2,1-4H3. The highest BCUT2D eigenvalue weighted by Crippen LogP contribution is 2.25. The van der Waals surface area contributed by atoms with Crippen LogP contribution in [0.25, 0.3) is 0 Å². The number of halogens is 1. The van der Waals surface area contributed by atoms with Crippen LogP contribution in [0.1, 0.15) is 25.2 Å². The fourth-order valence-electron chi connectivity index (χ4n) is 3.01. The van der Waals surface area contributed by atoms with Crippen molar-refractivity contribution in [3.05, 3.63) is 15.9 Å². The van der Waals surface area contributed by atoms with Gasteiger partial charge in [-0.2, -0.15) is 16.9 Å². The zero-order chi connectivity index (χ0) is 15.4. The Morgan fingerprint density at radius 2 is 2.24 bits per heavy atom. The summed E-state index contributed by atoms with van der Waals surface area (Å²) in [6.07, 6.45) is 1.03. The number of aryl methyl sites for hydroxylation is 2. The number of aromatic nitrogens is 2. The summed E-state index contributed by atoms with van der Waals surface area (Å²) in [5, 5.41) is 8.33. The summed E-state index contributed by atoms with van der Waals surface area (Å²) in [4.78, 5) is 2.51. The first-order valence-electron chi connectivity index (χ1n) is 7.81. The van der Waals surface area contributed by atoms with Crippen molar-refractivity contribution in [1.82, 2.24) is 20.0 Å². The van der Waals surface area contributed by atoms with Crippen molar-refractivity contribution < 1.29 is 0 Å². The molecule has 1 aliphatic heterocycles. The van der Waals surface area contributed by atoms with Gasteiger partial charge in [-0.25, -0.2) is 0 Å². The second-order valence-corrected chi connectivity index (χ2v) is 7.60.